The number of hydrogen-bond acceptors (Lipinski definition) is 5. The third-order valence-corrected chi connectivity index (χ3v) is 5.11. The molecule has 1 aromatic rings. The van der Waals surface area contributed by atoms with Crippen LogP contribution in [0.3, 0.4) is 0 Å². The monoisotopic (exact) mass is 374 g/mol. The first-order chi connectivity index (χ1) is 11.1. The number of carbonyl (C=O) groups is 1. The topological polar surface area (TPSA) is 89.2 Å². The number of carbonyl (C=O) groups excluding carboxylic acids is 1. The van der Waals surface area contributed by atoms with E-state index in [2.05, 4.69) is 27.4 Å². The molecule has 0 radical (unpaired) electrons. The molecule has 0 aliphatic carbocycles. The van der Waals surface area contributed by atoms with Crippen LogP contribution in [-0.4, -0.2) is 35.5 Å². The largest absolute Gasteiger partial charge is 0.482 e. The summed E-state index contributed by atoms with van der Waals surface area (Å²) in [5, 5.41) is 21.2. The number of nitrogens with one attached hydrogen (secondary N) is 1. The summed E-state index contributed by atoms with van der Waals surface area (Å²) in [7, 11) is 0. The van der Waals surface area contributed by atoms with Gasteiger partial charge in [-0.2, -0.15) is 10.5 Å². The van der Waals surface area contributed by atoms with Crippen molar-refractivity contribution in [1.82, 2.24) is 10.2 Å². The molecule has 118 valence electrons. The van der Waals surface area contributed by atoms with Gasteiger partial charge in [0.15, 0.2) is 12.8 Å². The molecule has 2 aliphatic rings. The molecule has 0 saturated carbocycles. The standard InChI is InChI=1S/C16H15BrN4O2/c17-12-2-1-3-15(11(12)7-18)23-8-16(22)20-13-6-10-4-5-14(13)21(10)9-19/h1-3,10,13-14H,4-6,8H2,(H,20,22)/t10-,13+,14+/m0/s1. The minimum atomic E-state index is -0.232. The van der Waals surface area contributed by atoms with E-state index < -0.39 is 0 Å². The highest BCUT2D eigenvalue weighted by atomic mass is 79.9. The molecule has 3 rings (SSSR count). The maximum Gasteiger partial charge on any atom is 0.258 e. The predicted octanol–water partition coefficient (Wildman–Crippen LogP) is 1.90. The number of nitriles is 2. The van der Waals surface area contributed by atoms with Crippen molar-refractivity contribution in [3.8, 4) is 18.0 Å². The minimum absolute atomic E-state index is 0.00227. The second kappa shape index (κ2) is 6.47. The van der Waals surface area contributed by atoms with Crippen LogP contribution in [-0.2, 0) is 4.79 Å². The lowest BCUT2D eigenvalue weighted by Crippen LogP contribution is -2.44. The van der Waals surface area contributed by atoms with Gasteiger partial charge >= 0.3 is 0 Å². The molecular weight excluding hydrogens is 360 g/mol. The Morgan fingerprint density at radius 3 is 2.96 bits per heavy atom. The van der Waals surface area contributed by atoms with Crippen molar-refractivity contribution in [2.75, 3.05) is 6.61 Å². The Hall–Kier alpha value is -2.25. The average Bonchev–Trinajstić information content (AvgIpc) is 3.09. The molecule has 2 bridgehead atoms. The molecule has 1 N–H and O–H groups in total. The number of benzene rings is 1. The van der Waals surface area contributed by atoms with Gasteiger partial charge in [0, 0.05) is 10.5 Å². The van der Waals surface area contributed by atoms with Crippen molar-refractivity contribution in [2.45, 2.75) is 37.4 Å². The lowest BCUT2D eigenvalue weighted by atomic mass is 9.95. The third-order valence-electron chi connectivity index (χ3n) is 4.44. The first-order valence-electron chi connectivity index (χ1n) is 7.43. The van der Waals surface area contributed by atoms with Crippen LogP contribution in [0.2, 0.25) is 0 Å². The van der Waals surface area contributed by atoms with E-state index in [0.29, 0.717) is 15.8 Å². The van der Waals surface area contributed by atoms with Crippen LogP contribution >= 0.6 is 15.9 Å². The zero-order chi connectivity index (χ0) is 16.4. The number of halogens is 1. The summed E-state index contributed by atoms with van der Waals surface area (Å²) in [6.45, 7) is -0.147. The molecule has 6 nitrogen and oxygen atoms in total. The highest BCUT2D eigenvalue weighted by Gasteiger charge is 2.46. The van der Waals surface area contributed by atoms with Gasteiger partial charge in [0.25, 0.3) is 5.91 Å². The van der Waals surface area contributed by atoms with Gasteiger partial charge in [-0.1, -0.05) is 6.07 Å². The third kappa shape index (κ3) is 2.97. The first-order valence-corrected chi connectivity index (χ1v) is 8.22. The van der Waals surface area contributed by atoms with Gasteiger partial charge < -0.3 is 15.0 Å². The molecule has 2 fully saturated rings. The highest BCUT2D eigenvalue weighted by molar-refractivity contribution is 9.10. The Morgan fingerprint density at radius 2 is 2.26 bits per heavy atom. The zero-order valence-corrected chi connectivity index (χ0v) is 13.9. The quantitative estimate of drug-likeness (QED) is 0.812. The van der Waals surface area contributed by atoms with E-state index in [0.717, 1.165) is 19.3 Å². The van der Waals surface area contributed by atoms with Crippen molar-refractivity contribution in [1.29, 1.82) is 10.5 Å². The summed E-state index contributed by atoms with van der Waals surface area (Å²) in [6, 6.07) is 7.57. The number of amides is 1. The Bertz CT molecular complexity index is 709. The molecule has 0 aromatic heterocycles. The fourth-order valence-corrected chi connectivity index (χ4v) is 3.86. The molecule has 2 saturated heterocycles. The second-order valence-corrected chi connectivity index (χ2v) is 6.58. The van der Waals surface area contributed by atoms with E-state index in [9.17, 15) is 4.79 Å². The lowest BCUT2D eigenvalue weighted by molar-refractivity contribution is -0.124. The van der Waals surface area contributed by atoms with Crippen LogP contribution in [0.1, 0.15) is 24.8 Å². The Balaban J connectivity index is 1.57. The Labute approximate surface area is 142 Å². The summed E-state index contributed by atoms with van der Waals surface area (Å²) in [5.74, 6) is 0.146. The number of rotatable bonds is 4. The number of ether oxygens (including phenoxy) is 1. The number of fused-ring (bicyclic) bond motifs is 2. The minimum Gasteiger partial charge on any atom is -0.482 e. The second-order valence-electron chi connectivity index (χ2n) is 5.73. The van der Waals surface area contributed by atoms with Crippen molar-refractivity contribution in [3.63, 3.8) is 0 Å². The van der Waals surface area contributed by atoms with Gasteiger partial charge in [0.05, 0.1) is 12.1 Å². The summed E-state index contributed by atoms with van der Waals surface area (Å²) in [5.41, 5.74) is 0.371. The molecule has 23 heavy (non-hydrogen) atoms. The van der Waals surface area contributed by atoms with Crippen LogP contribution in [0.5, 0.6) is 5.75 Å². The van der Waals surface area contributed by atoms with E-state index in [-0.39, 0.29) is 30.6 Å². The van der Waals surface area contributed by atoms with Crippen LogP contribution in [0, 0.1) is 22.8 Å². The van der Waals surface area contributed by atoms with Crippen LogP contribution in [0.25, 0.3) is 0 Å². The van der Waals surface area contributed by atoms with Crippen LogP contribution in [0.4, 0.5) is 0 Å². The van der Waals surface area contributed by atoms with Crippen molar-refractivity contribution >= 4 is 21.8 Å². The van der Waals surface area contributed by atoms with Crippen molar-refractivity contribution in [3.05, 3.63) is 28.2 Å². The van der Waals surface area contributed by atoms with Crippen molar-refractivity contribution in [2.24, 2.45) is 0 Å². The molecule has 7 heteroatoms. The van der Waals surface area contributed by atoms with Gasteiger partial charge in [0.1, 0.15) is 17.4 Å². The molecule has 0 spiro atoms. The molecule has 0 unspecified atom stereocenters. The first kappa shape index (κ1) is 15.6. The average molecular weight is 375 g/mol. The summed E-state index contributed by atoms with van der Waals surface area (Å²) >= 11 is 3.28. The Kier molecular flexibility index (Phi) is 4.40. The van der Waals surface area contributed by atoms with E-state index >= 15 is 0 Å². The summed E-state index contributed by atoms with van der Waals surface area (Å²) < 4.78 is 6.11. The number of nitrogens with zero attached hydrogens (tertiary/aromatic N) is 3. The molecule has 1 amide bonds. The normalized spacial score (nSPS) is 24.8. The van der Waals surface area contributed by atoms with E-state index in [1.165, 1.54) is 0 Å². The molecule has 2 heterocycles. The van der Waals surface area contributed by atoms with E-state index in [1.807, 2.05) is 6.07 Å². The lowest BCUT2D eigenvalue weighted by Gasteiger charge is -2.22. The summed E-state index contributed by atoms with van der Waals surface area (Å²) in [6.07, 6.45) is 4.98. The Morgan fingerprint density at radius 1 is 1.43 bits per heavy atom. The van der Waals surface area contributed by atoms with Gasteiger partial charge in [-0.3, -0.25) is 4.79 Å². The van der Waals surface area contributed by atoms with Gasteiger partial charge in [-0.05, 0) is 47.3 Å². The van der Waals surface area contributed by atoms with Crippen molar-refractivity contribution < 1.29 is 9.53 Å². The van der Waals surface area contributed by atoms with Gasteiger partial charge in [-0.15, -0.1) is 0 Å². The van der Waals surface area contributed by atoms with Gasteiger partial charge in [0.2, 0.25) is 0 Å². The maximum absolute atomic E-state index is 12.1. The highest BCUT2D eigenvalue weighted by Crippen LogP contribution is 2.36. The maximum atomic E-state index is 12.1. The summed E-state index contributed by atoms with van der Waals surface area (Å²) in [4.78, 5) is 13.9. The van der Waals surface area contributed by atoms with E-state index in [4.69, 9.17) is 15.3 Å². The van der Waals surface area contributed by atoms with Gasteiger partial charge in [-0.25, -0.2) is 0 Å². The SMILES string of the molecule is N#Cc1c(Br)cccc1OCC(=O)N[C@@H]1C[C@@H]2CC[C@H]1N2C#N. The molecule has 2 aliphatic heterocycles. The smallest absolute Gasteiger partial charge is 0.258 e. The van der Waals surface area contributed by atoms with Crippen LogP contribution < -0.4 is 10.1 Å². The fourth-order valence-electron chi connectivity index (χ4n) is 3.42. The predicted molar refractivity (Wildman–Crippen MR) is 85.2 cm³/mol. The molecule has 3 atom stereocenters. The molecular formula is C16H15BrN4O2. The van der Waals surface area contributed by atoms with E-state index in [1.54, 1.807) is 23.1 Å². The zero-order valence-electron chi connectivity index (χ0n) is 12.3. The molecule has 1 aromatic carbocycles. The number of hydrogen-bond donors (Lipinski definition) is 1. The van der Waals surface area contributed by atoms with Crippen LogP contribution in [0.15, 0.2) is 22.7 Å². The fraction of sp³-hybridized carbons (Fsp3) is 0.438.